The molecule has 0 radical (unpaired) electrons. The first-order chi connectivity index (χ1) is 7.60. The van der Waals surface area contributed by atoms with Crippen LogP contribution in [0.15, 0.2) is 0 Å². The number of amides is 1. The lowest BCUT2D eigenvalue weighted by Crippen LogP contribution is -2.43. The van der Waals surface area contributed by atoms with E-state index in [0.29, 0.717) is 13.2 Å². The second-order valence-corrected chi connectivity index (χ2v) is 4.31. The van der Waals surface area contributed by atoms with E-state index in [9.17, 15) is 4.79 Å². The van der Waals surface area contributed by atoms with E-state index >= 15 is 0 Å². The van der Waals surface area contributed by atoms with Gasteiger partial charge in [-0.1, -0.05) is 0 Å². The third-order valence-corrected chi connectivity index (χ3v) is 3.06. The Kier molecular flexibility index (Phi) is 7.70. The van der Waals surface area contributed by atoms with Gasteiger partial charge in [0.25, 0.3) is 5.91 Å². The molecule has 1 aliphatic rings. The summed E-state index contributed by atoms with van der Waals surface area (Å²) < 4.78 is 10.6. The van der Waals surface area contributed by atoms with Crippen molar-refractivity contribution in [3.63, 3.8) is 0 Å². The molecule has 5 nitrogen and oxygen atoms in total. The molecule has 1 aliphatic heterocycles. The number of rotatable bonds is 5. The second-order valence-electron chi connectivity index (χ2n) is 4.31. The van der Waals surface area contributed by atoms with Crippen molar-refractivity contribution in [1.29, 1.82) is 0 Å². The van der Waals surface area contributed by atoms with Gasteiger partial charge in [-0.2, -0.15) is 0 Å². The highest BCUT2D eigenvalue weighted by Crippen LogP contribution is 2.20. The normalized spacial score (nSPS) is 25.2. The predicted molar refractivity (Wildman–Crippen MR) is 68.3 cm³/mol. The molecule has 17 heavy (non-hydrogen) atoms. The summed E-state index contributed by atoms with van der Waals surface area (Å²) in [6.07, 6.45) is 1.36. The van der Waals surface area contributed by atoms with E-state index in [1.165, 1.54) is 0 Å². The van der Waals surface area contributed by atoms with E-state index in [-0.39, 0.29) is 36.6 Å². The molecule has 0 aliphatic carbocycles. The van der Waals surface area contributed by atoms with Gasteiger partial charge in [0.1, 0.15) is 6.10 Å². The quantitative estimate of drug-likeness (QED) is 0.783. The van der Waals surface area contributed by atoms with Crippen LogP contribution in [-0.4, -0.2) is 56.4 Å². The van der Waals surface area contributed by atoms with Gasteiger partial charge in [0.05, 0.1) is 18.8 Å². The zero-order chi connectivity index (χ0) is 12.1. The summed E-state index contributed by atoms with van der Waals surface area (Å²) in [5.74, 6) is 0.0282. The molecule has 0 aromatic carbocycles. The second kappa shape index (κ2) is 7.87. The number of carbonyl (C=O) groups excluding carboxylic acids is 1. The molecule has 1 rings (SSSR count). The van der Waals surface area contributed by atoms with Gasteiger partial charge in [0.15, 0.2) is 0 Å². The van der Waals surface area contributed by atoms with Crippen molar-refractivity contribution in [2.24, 2.45) is 5.73 Å². The van der Waals surface area contributed by atoms with Crippen LogP contribution >= 0.6 is 12.4 Å². The van der Waals surface area contributed by atoms with Crippen molar-refractivity contribution in [2.45, 2.75) is 38.0 Å². The number of methoxy groups -OCH3 is 1. The van der Waals surface area contributed by atoms with Gasteiger partial charge in [-0.15, -0.1) is 12.4 Å². The smallest absolute Gasteiger partial charge is 0.251 e. The Hall–Kier alpha value is -0.360. The summed E-state index contributed by atoms with van der Waals surface area (Å²) in [7, 11) is 3.41. The lowest BCUT2D eigenvalue weighted by atomic mass is 10.1. The summed E-state index contributed by atoms with van der Waals surface area (Å²) in [6, 6.07) is 0.0676. The van der Waals surface area contributed by atoms with Crippen LogP contribution in [0.3, 0.4) is 0 Å². The zero-order valence-electron chi connectivity index (χ0n) is 10.7. The molecule has 1 saturated heterocycles. The van der Waals surface area contributed by atoms with E-state index in [1.807, 2.05) is 6.92 Å². The molecule has 102 valence electrons. The van der Waals surface area contributed by atoms with Crippen molar-refractivity contribution < 1.29 is 14.3 Å². The van der Waals surface area contributed by atoms with Crippen LogP contribution in [0, 0.1) is 0 Å². The molecular formula is C11H23ClN2O3. The molecule has 3 atom stereocenters. The molecule has 1 amide bonds. The average Bonchev–Trinajstić information content (AvgIpc) is 2.75. The lowest BCUT2D eigenvalue weighted by molar-refractivity contribution is -0.144. The summed E-state index contributed by atoms with van der Waals surface area (Å²) in [6.45, 7) is 2.98. The minimum Gasteiger partial charge on any atom is -0.383 e. The first-order valence-corrected chi connectivity index (χ1v) is 5.71. The Labute approximate surface area is 109 Å². The number of nitrogens with zero attached hydrogens (tertiary/aromatic N) is 1. The minimum absolute atomic E-state index is 0. The van der Waals surface area contributed by atoms with Crippen molar-refractivity contribution in [2.75, 3.05) is 27.3 Å². The highest BCUT2D eigenvalue weighted by molar-refractivity contribution is 5.85. The maximum atomic E-state index is 12.0. The molecule has 1 heterocycles. The van der Waals surface area contributed by atoms with E-state index in [1.54, 1.807) is 19.1 Å². The summed E-state index contributed by atoms with van der Waals surface area (Å²) >= 11 is 0. The van der Waals surface area contributed by atoms with Crippen LogP contribution in [0.2, 0.25) is 0 Å². The third kappa shape index (κ3) is 4.43. The number of carbonyl (C=O) groups is 1. The monoisotopic (exact) mass is 266 g/mol. The first kappa shape index (κ1) is 16.6. The van der Waals surface area contributed by atoms with E-state index < -0.39 is 0 Å². The van der Waals surface area contributed by atoms with Crippen molar-refractivity contribution >= 4 is 18.3 Å². The largest absolute Gasteiger partial charge is 0.383 e. The number of nitrogens with two attached hydrogens (primary N) is 1. The lowest BCUT2D eigenvalue weighted by Gasteiger charge is -2.26. The average molecular weight is 267 g/mol. The number of ether oxygens (including phenoxy) is 2. The minimum atomic E-state index is -0.321. The molecule has 1 fully saturated rings. The Morgan fingerprint density at radius 1 is 1.59 bits per heavy atom. The van der Waals surface area contributed by atoms with Gasteiger partial charge in [0, 0.05) is 20.7 Å². The Morgan fingerprint density at radius 3 is 2.71 bits per heavy atom. The Morgan fingerprint density at radius 2 is 2.24 bits per heavy atom. The summed E-state index contributed by atoms with van der Waals surface area (Å²) in [4.78, 5) is 13.7. The molecule has 0 aromatic heterocycles. The molecule has 6 heteroatoms. The Balaban J connectivity index is 0.00000256. The van der Waals surface area contributed by atoms with Crippen LogP contribution in [0.1, 0.15) is 19.8 Å². The zero-order valence-corrected chi connectivity index (χ0v) is 11.5. The molecule has 0 aromatic rings. The van der Waals surface area contributed by atoms with Gasteiger partial charge >= 0.3 is 0 Å². The van der Waals surface area contributed by atoms with Gasteiger partial charge in [-0.3, -0.25) is 4.79 Å². The first-order valence-electron chi connectivity index (χ1n) is 5.71. The van der Waals surface area contributed by atoms with Gasteiger partial charge in [-0.25, -0.2) is 0 Å². The van der Waals surface area contributed by atoms with Crippen molar-refractivity contribution in [1.82, 2.24) is 4.90 Å². The number of hydrogen-bond acceptors (Lipinski definition) is 4. The fraction of sp³-hybridized carbons (Fsp3) is 0.909. The molecular weight excluding hydrogens is 244 g/mol. The molecule has 1 unspecified atom stereocenters. The van der Waals surface area contributed by atoms with Crippen LogP contribution in [-0.2, 0) is 14.3 Å². The topological polar surface area (TPSA) is 64.8 Å². The van der Waals surface area contributed by atoms with Crippen LogP contribution < -0.4 is 5.73 Å². The van der Waals surface area contributed by atoms with Crippen LogP contribution in [0.4, 0.5) is 0 Å². The maximum absolute atomic E-state index is 12.0. The van der Waals surface area contributed by atoms with E-state index in [0.717, 1.165) is 12.8 Å². The number of likely N-dealkylation sites (N-methyl/N-ethyl adjacent to an activating group) is 1. The standard InChI is InChI=1S/C11H22N2O3.ClH/c1-8(7-15-3)13(2)11(14)10-5-4-9(6-12)16-10;/h8-10H,4-7,12H2,1-3H3;1H/t8?,9-,10+;/m1./s1. The SMILES string of the molecule is COCC(C)N(C)C(=O)[C@@H]1CC[C@H](CN)O1.Cl. The van der Waals surface area contributed by atoms with Crippen LogP contribution in [0.25, 0.3) is 0 Å². The van der Waals surface area contributed by atoms with Crippen molar-refractivity contribution in [3.8, 4) is 0 Å². The fourth-order valence-corrected chi connectivity index (χ4v) is 1.86. The maximum Gasteiger partial charge on any atom is 0.251 e. The van der Waals surface area contributed by atoms with Crippen molar-refractivity contribution in [3.05, 3.63) is 0 Å². The number of hydrogen-bond donors (Lipinski definition) is 1. The molecule has 2 N–H and O–H groups in total. The van der Waals surface area contributed by atoms with Gasteiger partial charge < -0.3 is 20.1 Å². The Bertz CT molecular complexity index is 237. The molecule has 0 bridgehead atoms. The molecule has 0 saturated carbocycles. The number of halogens is 1. The van der Waals surface area contributed by atoms with Gasteiger partial charge in [-0.05, 0) is 19.8 Å². The summed E-state index contributed by atoms with van der Waals surface area (Å²) in [5.41, 5.74) is 5.51. The summed E-state index contributed by atoms with van der Waals surface area (Å²) in [5, 5.41) is 0. The van der Waals surface area contributed by atoms with Crippen LogP contribution in [0.5, 0.6) is 0 Å². The fourth-order valence-electron chi connectivity index (χ4n) is 1.86. The molecule has 0 spiro atoms. The van der Waals surface area contributed by atoms with E-state index in [4.69, 9.17) is 15.2 Å². The van der Waals surface area contributed by atoms with E-state index in [2.05, 4.69) is 0 Å². The highest BCUT2D eigenvalue weighted by atomic mass is 35.5. The predicted octanol–water partition coefficient (Wildman–Crippen LogP) is 0.408. The highest BCUT2D eigenvalue weighted by Gasteiger charge is 2.32. The van der Waals surface area contributed by atoms with Gasteiger partial charge in [0.2, 0.25) is 0 Å². The third-order valence-electron chi connectivity index (χ3n) is 3.06.